The first kappa shape index (κ1) is 14.6. The predicted molar refractivity (Wildman–Crippen MR) is 77.0 cm³/mol. The monoisotopic (exact) mass is 275 g/mol. The molecule has 1 aromatic carbocycles. The maximum absolute atomic E-state index is 11.8. The van der Waals surface area contributed by atoms with E-state index in [4.69, 9.17) is 4.74 Å². The molecule has 1 amide bonds. The molecule has 0 radical (unpaired) electrons. The number of fused-ring (bicyclic) bond motifs is 1. The average Bonchev–Trinajstić information content (AvgIpc) is 2.79. The Morgan fingerprint density at radius 2 is 2.05 bits per heavy atom. The van der Waals surface area contributed by atoms with Crippen LogP contribution in [0.4, 0.5) is 0 Å². The van der Waals surface area contributed by atoms with Crippen molar-refractivity contribution in [2.24, 2.45) is 5.92 Å². The first-order chi connectivity index (χ1) is 9.49. The zero-order valence-corrected chi connectivity index (χ0v) is 12.2. The summed E-state index contributed by atoms with van der Waals surface area (Å²) in [5.41, 5.74) is 1.67. The lowest BCUT2D eigenvalue weighted by atomic mass is 10.1. The molecule has 1 aliphatic rings. The summed E-state index contributed by atoms with van der Waals surface area (Å²) in [5, 5.41) is 2.90. The van der Waals surface area contributed by atoms with Crippen molar-refractivity contribution in [2.75, 3.05) is 6.61 Å². The lowest BCUT2D eigenvalue weighted by Crippen LogP contribution is -2.39. The number of ketones is 1. The van der Waals surface area contributed by atoms with Gasteiger partial charge in [-0.3, -0.25) is 9.59 Å². The van der Waals surface area contributed by atoms with E-state index in [9.17, 15) is 9.59 Å². The second-order valence-corrected chi connectivity index (χ2v) is 5.59. The van der Waals surface area contributed by atoms with Crippen LogP contribution in [0.15, 0.2) is 18.2 Å². The summed E-state index contributed by atoms with van der Waals surface area (Å²) >= 11 is 0. The lowest BCUT2D eigenvalue weighted by molar-refractivity contribution is -0.124. The first-order valence-electron chi connectivity index (χ1n) is 7.06. The zero-order chi connectivity index (χ0) is 14.7. The Bertz CT molecular complexity index is 522. The maximum Gasteiger partial charge on any atom is 0.258 e. The highest BCUT2D eigenvalue weighted by molar-refractivity contribution is 6.01. The Hall–Kier alpha value is -1.84. The zero-order valence-electron chi connectivity index (χ0n) is 12.2. The largest absolute Gasteiger partial charge is 0.483 e. The molecule has 1 aliphatic carbocycles. The fourth-order valence-electron chi connectivity index (χ4n) is 2.20. The molecule has 20 heavy (non-hydrogen) atoms. The van der Waals surface area contributed by atoms with E-state index >= 15 is 0 Å². The van der Waals surface area contributed by atoms with Crippen LogP contribution >= 0.6 is 0 Å². The minimum atomic E-state index is -0.131. The van der Waals surface area contributed by atoms with Crippen molar-refractivity contribution in [1.29, 1.82) is 0 Å². The number of hydrogen-bond acceptors (Lipinski definition) is 3. The molecule has 4 nitrogen and oxygen atoms in total. The highest BCUT2D eigenvalue weighted by Gasteiger charge is 2.23. The third kappa shape index (κ3) is 3.18. The Morgan fingerprint density at radius 3 is 2.75 bits per heavy atom. The fourth-order valence-corrected chi connectivity index (χ4v) is 2.20. The Labute approximate surface area is 119 Å². The number of carbonyl (C=O) groups excluding carboxylic acids is 2. The quantitative estimate of drug-likeness (QED) is 0.897. The van der Waals surface area contributed by atoms with E-state index in [0.29, 0.717) is 24.5 Å². The molecule has 0 fully saturated rings. The van der Waals surface area contributed by atoms with Crippen molar-refractivity contribution >= 4 is 11.7 Å². The van der Waals surface area contributed by atoms with Crippen LogP contribution < -0.4 is 10.1 Å². The first-order valence-corrected chi connectivity index (χ1v) is 7.06. The van der Waals surface area contributed by atoms with Gasteiger partial charge in [-0.25, -0.2) is 0 Å². The van der Waals surface area contributed by atoms with E-state index in [1.807, 2.05) is 19.1 Å². The van der Waals surface area contributed by atoms with Gasteiger partial charge in [0.25, 0.3) is 5.91 Å². The summed E-state index contributed by atoms with van der Waals surface area (Å²) < 4.78 is 5.58. The van der Waals surface area contributed by atoms with Gasteiger partial charge in [-0.2, -0.15) is 0 Å². The van der Waals surface area contributed by atoms with E-state index in [1.165, 1.54) is 0 Å². The molecule has 4 heteroatoms. The SMILES string of the molecule is CC(C)C(C)NC(=O)COc1cccc2c1CCC2=O. The number of rotatable bonds is 5. The molecule has 1 N–H and O–H groups in total. The summed E-state index contributed by atoms with van der Waals surface area (Å²) in [4.78, 5) is 23.4. The molecule has 0 aliphatic heterocycles. The molecule has 1 unspecified atom stereocenters. The van der Waals surface area contributed by atoms with Crippen LogP contribution in [0.1, 0.15) is 43.1 Å². The molecule has 0 saturated carbocycles. The van der Waals surface area contributed by atoms with Gasteiger partial charge in [-0.1, -0.05) is 26.0 Å². The van der Waals surface area contributed by atoms with Gasteiger partial charge in [-0.05, 0) is 25.3 Å². The number of amides is 1. The number of hydrogen-bond donors (Lipinski definition) is 1. The van der Waals surface area contributed by atoms with Gasteiger partial charge in [-0.15, -0.1) is 0 Å². The second kappa shape index (κ2) is 6.07. The summed E-state index contributed by atoms with van der Waals surface area (Å²) in [6.07, 6.45) is 1.24. The van der Waals surface area contributed by atoms with Crippen LogP contribution in [0.5, 0.6) is 5.75 Å². The minimum absolute atomic E-state index is 0.0122. The van der Waals surface area contributed by atoms with E-state index in [2.05, 4.69) is 19.2 Å². The second-order valence-electron chi connectivity index (χ2n) is 5.59. The Kier molecular flexibility index (Phi) is 4.42. The number of carbonyl (C=O) groups is 2. The lowest BCUT2D eigenvalue weighted by Gasteiger charge is -2.18. The van der Waals surface area contributed by atoms with Crippen molar-refractivity contribution in [2.45, 2.75) is 39.7 Å². The highest BCUT2D eigenvalue weighted by Crippen LogP contribution is 2.30. The average molecular weight is 275 g/mol. The summed E-state index contributed by atoms with van der Waals surface area (Å²) in [6, 6.07) is 5.55. The van der Waals surface area contributed by atoms with Gasteiger partial charge < -0.3 is 10.1 Å². The van der Waals surface area contributed by atoms with Crippen LogP contribution in [-0.4, -0.2) is 24.3 Å². The minimum Gasteiger partial charge on any atom is -0.483 e. The smallest absolute Gasteiger partial charge is 0.258 e. The third-order valence-electron chi connectivity index (χ3n) is 3.78. The molecule has 2 rings (SSSR count). The van der Waals surface area contributed by atoms with Gasteiger partial charge in [0.15, 0.2) is 12.4 Å². The topological polar surface area (TPSA) is 55.4 Å². The third-order valence-corrected chi connectivity index (χ3v) is 3.78. The van der Waals surface area contributed by atoms with Gasteiger partial charge in [0.05, 0.1) is 0 Å². The highest BCUT2D eigenvalue weighted by atomic mass is 16.5. The van der Waals surface area contributed by atoms with Gasteiger partial charge in [0.2, 0.25) is 0 Å². The normalized spacial score (nSPS) is 15.1. The predicted octanol–water partition coefficient (Wildman–Crippen LogP) is 2.36. The number of ether oxygens (including phenoxy) is 1. The van der Waals surface area contributed by atoms with Crippen molar-refractivity contribution < 1.29 is 14.3 Å². The van der Waals surface area contributed by atoms with Gasteiger partial charge in [0, 0.05) is 23.6 Å². The van der Waals surface area contributed by atoms with E-state index in [-0.39, 0.29) is 24.3 Å². The molecule has 0 aromatic heterocycles. The van der Waals surface area contributed by atoms with Crippen LogP contribution in [0, 0.1) is 5.92 Å². The molecule has 108 valence electrons. The van der Waals surface area contributed by atoms with E-state index < -0.39 is 0 Å². The summed E-state index contributed by atoms with van der Waals surface area (Å²) in [7, 11) is 0. The van der Waals surface area contributed by atoms with Crippen molar-refractivity contribution in [3.05, 3.63) is 29.3 Å². The van der Waals surface area contributed by atoms with Gasteiger partial charge >= 0.3 is 0 Å². The molecular weight excluding hydrogens is 254 g/mol. The number of Topliss-reactive ketones (excluding diaryl/α,β-unsaturated/α-hetero) is 1. The molecule has 1 atom stereocenters. The molecular formula is C16H21NO3. The molecule has 1 aromatic rings. The Balaban J connectivity index is 1.95. The van der Waals surface area contributed by atoms with Crippen LogP contribution in [0.3, 0.4) is 0 Å². The van der Waals surface area contributed by atoms with Crippen molar-refractivity contribution in [3.63, 3.8) is 0 Å². The molecule has 0 spiro atoms. The standard InChI is InChI=1S/C16H21NO3/c1-10(2)11(3)17-16(19)9-20-15-6-4-5-12-13(15)7-8-14(12)18/h4-6,10-11H,7-9H2,1-3H3,(H,17,19). The van der Waals surface area contributed by atoms with Gasteiger partial charge in [0.1, 0.15) is 5.75 Å². The summed E-state index contributed by atoms with van der Waals surface area (Å²) in [5.74, 6) is 1.06. The Morgan fingerprint density at radius 1 is 1.30 bits per heavy atom. The van der Waals surface area contributed by atoms with E-state index in [0.717, 1.165) is 11.1 Å². The molecule has 0 heterocycles. The number of benzene rings is 1. The number of nitrogens with one attached hydrogen (secondary N) is 1. The van der Waals surface area contributed by atoms with Crippen LogP contribution in [0.2, 0.25) is 0 Å². The fraction of sp³-hybridized carbons (Fsp3) is 0.500. The maximum atomic E-state index is 11.8. The van der Waals surface area contributed by atoms with E-state index in [1.54, 1.807) is 6.07 Å². The van der Waals surface area contributed by atoms with Crippen LogP contribution in [0.25, 0.3) is 0 Å². The van der Waals surface area contributed by atoms with Crippen molar-refractivity contribution in [3.8, 4) is 5.75 Å². The van der Waals surface area contributed by atoms with Crippen LogP contribution in [-0.2, 0) is 11.2 Å². The molecule has 0 bridgehead atoms. The van der Waals surface area contributed by atoms with Crippen molar-refractivity contribution in [1.82, 2.24) is 5.32 Å². The summed E-state index contributed by atoms with van der Waals surface area (Å²) in [6.45, 7) is 6.08. The molecule has 0 saturated heterocycles.